The quantitative estimate of drug-likeness (QED) is 0.742. The lowest BCUT2D eigenvalue weighted by Gasteiger charge is -2.09. The van der Waals surface area contributed by atoms with E-state index in [9.17, 15) is 9.59 Å². The molecule has 2 N–H and O–H groups in total. The highest BCUT2D eigenvalue weighted by Gasteiger charge is 2.16. The second kappa shape index (κ2) is 7.05. The van der Waals surface area contributed by atoms with E-state index in [0.29, 0.717) is 17.1 Å². The van der Waals surface area contributed by atoms with Crippen molar-refractivity contribution in [3.8, 4) is 11.4 Å². The lowest BCUT2D eigenvalue weighted by molar-refractivity contribution is -0.116. The minimum absolute atomic E-state index is 0.0192. The predicted octanol–water partition coefficient (Wildman–Crippen LogP) is 3.73. The number of benzene rings is 1. The summed E-state index contributed by atoms with van der Waals surface area (Å²) in [4.78, 5) is 32.9. The van der Waals surface area contributed by atoms with Crippen LogP contribution in [0.2, 0.25) is 0 Å². The number of aryl methyl sites for hydroxylation is 1. The van der Waals surface area contributed by atoms with Crippen molar-refractivity contribution in [1.82, 2.24) is 9.97 Å². The van der Waals surface area contributed by atoms with Crippen LogP contribution in [0.5, 0.6) is 0 Å². The number of carbonyl (C=O) groups excluding carboxylic acids is 2. The van der Waals surface area contributed by atoms with Crippen molar-refractivity contribution in [1.29, 1.82) is 0 Å². The fourth-order valence-electron chi connectivity index (χ4n) is 2.85. The number of hydrogen-bond donors (Lipinski definition) is 2. The van der Waals surface area contributed by atoms with E-state index in [1.165, 1.54) is 11.3 Å². The average Bonchev–Trinajstić information content (AvgIpc) is 3.03. The Kier molecular flexibility index (Phi) is 4.45. The Morgan fingerprint density at radius 1 is 1.15 bits per heavy atom. The number of carbonyl (C=O) groups is 2. The number of pyridine rings is 1. The lowest BCUT2D eigenvalue weighted by atomic mass is 10.0. The third kappa shape index (κ3) is 3.48. The Morgan fingerprint density at radius 3 is 2.92 bits per heavy atom. The Labute approximate surface area is 154 Å². The van der Waals surface area contributed by atoms with E-state index in [2.05, 4.69) is 20.6 Å². The normalized spacial score (nSPS) is 13.5. The topological polar surface area (TPSA) is 84.0 Å². The van der Waals surface area contributed by atoms with Crippen LogP contribution in [0.3, 0.4) is 0 Å². The van der Waals surface area contributed by atoms with Crippen molar-refractivity contribution in [2.45, 2.75) is 19.3 Å². The second-order valence-corrected chi connectivity index (χ2v) is 6.84. The molecule has 3 heterocycles. The van der Waals surface area contributed by atoms with Gasteiger partial charge >= 0.3 is 0 Å². The molecule has 0 radical (unpaired) electrons. The molecule has 2 amide bonds. The van der Waals surface area contributed by atoms with Crippen LogP contribution in [0.4, 0.5) is 10.8 Å². The first kappa shape index (κ1) is 16.4. The van der Waals surface area contributed by atoms with Crippen molar-refractivity contribution in [3.05, 3.63) is 59.1 Å². The molecule has 0 unspecified atom stereocenters. The first-order chi connectivity index (χ1) is 12.7. The molecule has 26 heavy (non-hydrogen) atoms. The van der Waals surface area contributed by atoms with Gasteiger partial charge in [-0.25, -0.2) is 4.98 Å². The molecule has 7 heteroatoms. The van der Waals surface area contributed by atoms with E-state index >= 15 is 0 Å². The smallest absolute Gasteiger partial charge is 0.257 e. The average molecular weight is 364 g/mol. The zero-order chi connectivity index (χ0) is 17.9. The van der Waals surface area contributed by atoms with E-state index in [1.54, 1.807) is 18.3 Å². The Morgan fingerprint density at radius 2 is 2.08 bits per heavy atom. The number of thiazole rings is 1. The summed E-state index contributed by atoms with van der Waals surface area (Å²) in [5.41, 5.74) is 3.82. The van der Waals surface area contributed by atoms with Gasteiger partial charge in [0.05, 0.1) is 5.69 Å². The number of aromatic nitrogens is 2. The molecule has 2 aromatic heterocycles. The molecular weight excluding hydrogens is 348 g/mol. The maximum Gasteiger partial charge on any atom is 0.257 e. The van der Waals surface area contributed by atoms with Gasteiger partial charge in [0, 0.05) is 29.2 Å². The highest BCUT2D eigenvalue weighted by molar-refractivity contribution is 7.14. The van der Waals surface area contributed by atoms with E-state index < -0.39 is 0 Å². The van der Waals surface area contributed by atoms with Crippen molar-refractivity contribution < 1.29 is 9.59 Å². The minimum Gasteiger partial charge on any atom is -0.326 e. The van der Waals surface area contributed by atoms with Crippen LogP contribution >= 0.6 is 11.3 Å². The summed E-state index contributed by atoms with van der Waals surface area (Å²) in [5.74, 6) is -0.198. The molecule has 6 nitrogen and oxygen atoms in total. The predicted molar refractivity (Wildman–Crippen MR) is 101 cm³/mol. The summed E-state index contributed by atoms with van der Waals surface area (Å²) < 4.78 is 0. The number of rotatable bonds is 3. The molecule has 0 spiro atoms. The van der Waals surface area contributed by atoms with Crippen molar-refractivity contribution in [2.75, 3.05) is 10.6 Å². The number of anilines is 2. The van der Waals surface area contributed by atoms with E-state index in [4.69, 9.17) is 0 Å². The molecule has 0 saturated heterocycles. The lowest BCUT2D eigenvalue weighted by Crippen LogP contribution is -2.13. The first-order valence-corrected chi connectivity index (χ1v) is 9.18. The molecule has 4 rings (SSSR count). The number of amides is 2. The van der Waals surface area contributed by atoms with Crippen LogP contribution in [-0.4, -0.2) is 21.8 Å². The van der Waals surface area contributed by atoms with Crippen molar-refractivity contribution in [3.63, 3.8) is 0 Å². The number of nitrogens with zero attached hydrogens (tertiary/aromatic N) is 2. The van der Waals surface area contributed by atoms with Gasteiger partial charge in [-0.3, -0.25) is 19.9 Å². The summed E-state index contributed by atoms with van der Waals surface area (Å²) >= 11 is 1.36. The van der Waals surface area contributed by atoms with Gasteiger partial charge < -0.3 is 5.32 Å². The van der Waals surface area contributed by atoms with Crippen LogP contribution in [0.1, 0.15) is 28.8 Å². The molecule has 130 valence electrons. The Bertz CT molecular complexity index is 969. The molecule has 1 aliphatic heterocycles. The summed E-state index contributed by atoms with van der Waals surface area (Å²) in [6.45, 7) is 0. The maximum atomic E-state index is 12.5. The number of fused-ring (bicyclic) bond motifs is 1. The van der Waals surface area contributed by atoms with Crippen LogP contribution in [0.25, 0.3) is 11.4 Å². The van der Waals surface area contributed by atoms with Crippen LogP contribution < -0.4 is 10.6 Å². The first-order valence-electron chi connectivity index (χ1n) is 8.30. The van der Waals surface area contributed by atoms with Gasteiger partial charge in [0.1, 0.15) is 5.69 Å². The molecule has 3 aromatic rings. The molecule has 0 fully saturated rings. The Hall–Kier alpha value is -3.06. The highest BCUT2D eigenvalue weighted by atomic mass is 32.1. The summed E-state index contributed by atoms with van der Waals surface area (Å²) in [7, 11) is 0. The third-order valence-corrected chi connectivity index (χ3v) is 4.90. The monoisotopic (exact) mass is 364 g/mol. The molecule has 0 atom stereocenters. The third-order valence-electron chi connectivity index (χ3n) is 4.14. The minimum atomic E-state index is -0.217. The van der Waals surface area contributed by atoms with Gasteiger partial charge in [0.15, 0.2) is 5.13 Å². The zero-order valence-electron chi connectivity index (χ0n) is 13.9. The van der Waals surface area contributed by atoms with Crippen LogP contribution in [-0.2, 0) is 11.2 Å². The SMILES string of the molecule is O=C1CCCc2cc(C(=O)Nc3nc(-c4ccccn4)cs3)ccc2N1. The van der Waals surface area contributed by atoms with E-state index in [-0.39, 0.29) is 11.8 Å². The zero-order valence-corrected chi connectivity index (χ0v) is 14.7. The Balaban J connectivity index is 1.51. The van der Waals surface area contributed by atoms with Crippen LogP contribution in [0.15, 0.2) is 48.0 Å². The molecule has 1 aromatic carbocycles. The van der Waals surface area contributed by atoms with Gasteiger partial charge in [-0.15, -0.1) is 11.3 Å². The molecule has 1 aliphatic rings. The van der Waals surface area contributed by atoms with Gasteiger partial charge in [0.2, 0.25) is 5.91 Å². The van der Waals surface area contributed by atoms with E-state index in [1.807, 2.05) is 29.6 Å². The molecule has 0 saturated carbocycles. The van der Waals surface area contributed by atoms with Crippen LogP contribution in [0, 0.1) is 0 Å². The summed E-state index contributed by atoms with van der Waals surface area (Å²) in [6, 6.07) is 11.0. The summed E-state index contributed by atoms with van der Waals surface area (Å²) in [5, 5.41) is 8.10. The van der Waals surface area contributed by atoms with Gasteiger partial charge in [0.25, 0.3) is 5.91 Å². The maximum absolute atomic E-state index is 12.5. The highest BCUT2D eigenvalue weighted by Crippen LogP contribution is 2.26. The summed E-state index contributed by atoms with van der Waals surface area (Å²) in [6.07, 6.45) is 3.77. The van der Waals surface area contributed by atoms with Gasteiger partial charge in [-0.2, -0.15) is 0 Å². The molecule has 0 bridgehead atoms. The fourth-order valence-corrected chi connectivity index (χ4v) is 3.55. The van der Waals surface area contributed by atoms with E-state index in [0.717, 1.165) is 35.5 Å². The molecule has 0 aliphatic carbocycles. The fraction of sp³-hybridized carbons (Fsp3) is 0.158. The van der Waals surface area contributed by atoms with Crippen molar-refractivity contribution >= 4 is 34.0 Å². The van der Waals surface area contributed by atoms with Gasteiger partial charge in [-0.1, -0.05) is 6.07 Å². The van der Waals surface area contributed by atoms with Crippen molar-refractivity contribution in [2.24, 2.45) is 0 Å². The molecular formula is C19H16N4O2S. The largest absolute Gasteiger partial charge is 0.326 e. The second-order valence-electron chi connectivity index (χ2n) is 5.98. The standard InChI is InChI=1S/C19H16N4O2S/c24-17-6-3-4-12-10-13(7-8-14(12)21-17)18(25)23-19-22-16(11-26-19)15-5-1-2-9-20-15/h1-2,5,7-11H,3-4,6H2,(H,21,24)(H,22,23,25). The number of hydrogen-bond acceptors (Lipinski definition) is 5. The number of nitrogens with one attached hydrogen (secondary N) is 2. The van der Waals surface area contributed by atoms with Gasteiger partial charge in [-0.05, 0) is 48.7 Å².